The molecular formula is C55H36N4O2. The van der Waals surface area contributed by atoms with Gasteiger partial charge < -0.3 is 14.5 Å². The number of hydrogen-bond donors (Lipinski definition) is 2. The Hall–Kier alpha value is -7.80. The van der Waals surface area contributed by atoms with Gasteiger partial charge in [-0.2, -0.15) is 0 Å². The number of benzene rings is 8. The number of hydrogen-bond acceptors (Lipinski definition) is 6. The molecule has 288 valence electrons. The second-order valence-corrected chi connectivity index (χ2v) is 16.1. The topological polar surface area (TPSA) is 71.2 Å². The maximum absolute atomic E-state index is 7.06. The zero-order valence-electron chi connectivity index (χ0n) is 32.8. The average molecular weight is 785 g/mol. The van der Waals surface area contributed by atoms with Crippen molar-refractivity contribution < 1.29 is 9.15 Å². The van der Waals surface area contributed by atoms with E-state index in [4.69, 9.17) is 14.1 Å². The van der Waals surface area contributed by atoms with Crippen molar-refractivity contribution in [1.29, 1.82) is 0 Å². The highest BCUT2D eigenvalue weighted by Gasteiger charge is 2.51. The largest absolute Gasteiger partial charge is 0.457 e. The highest BCUT2D eigenvalue weighted by molar-refractivity contribution is 6.17. The molecule has 9 aromatic rings. The van der Waals surface area contributed by atoms with Crippen molar-refractivity contribution in [2.45, 2.75) is 17.7 Å². The van der Waals surface area contributed by atoms with Crippen LogP contribution in [0.15, 0.2) is 202 Å². The van der Waals surface area contributed by atoms with Crippen LogP contribution in [-0.4, -0.2) is 12.1 Å². The number of para-hydroxylation sites is 3. The van der Waals surface area contributed by atoms with E-state index in [9.17, 15) is 0 Å². The first-order valence-electron chi connectivity index (χ1n) is 20.8. The molecule has 1 spiro atoms. The van der Waals surface area contributed by atoms with Crippen LogP contribution in [0.25, 0.3) is 49.9 Å². The van der Waals surface area contributed by atoms with Crippen LogP contribution in [0, 0.1) is 0 Å². The molecule has 1 aliphatic carbocycles. The van der Waals surface area contributed by atoms with Gasteiger partial charge in [-0.25, -0.2) is 4.99 Å². The highest BCUT2D eigenvalue weighted by Crippen LogP contribution is 2.62. The van der Waals surface area contributed by atoms with Crippen LogP contribution in [0.1, 0.15) is 56.8 Å². The second kappa shape index (κ2) is 13.1. The molecule has 61 heavy (non-hydrogen) atoms. The third-order valence-electron chi connectivity index (χ3n) is 12.9. The minimum Gasteiger partial charge on any atom is -0.457 e. The van der Waals surface area contributed by atoms with Gasteiger partial charge in [0, 0.05) is 39.2 Å². The van der Waals surface area contributed by atoms with Crippen molar-refractivity contribution in [3.8, 4) is 33.8 Å². The van der Waals surface area contributed by atoms with Crippen LogP contribution >= 0.6 is 0 Å². The van der Waals surface area contributed by atoms with Gasteiger partial charge in [0.05, 0.1) is 16.7 Å². The van der Waals surface area contributed by atoms with Crippen LogP contribution in [0.3, 0.4) is 0 Å². The number of allylic oxidation sites excluding steroid dienone is 1. The molecule has 3 aliphatic heterocycles. The number of amidine groups is 1. The zero-order chi connectivity index (χ0) is 40.1. The quantitative estimate of drug-likeness (QED) is 0.182. The summed E-state index contributed by atoms with van der Waals surface area (Å²) in [5, 5.41) is 9.56. The third-order valence-corrected chi connectivity index (χ3v) is 12.9. The molecule has 0 saturated carbocycles. The molecule has 6 heteroatoms. The second-order valence-electron chi connectivity index (χ2n) is 16.1. The van der Waals surface area contributed by atoms with E-state index in [1.807, 2.05) is 18.4 Å². The summed E-state index contributed by atoms with van der Waals surface area (Å²) in [6.45, 7) is 0. The van der Waals surface area contributed by atoms with Crippen LogP contribution in [0.5, 0.6) is 11.5 Å². The fourth-order valence-electron chi connectivity index (χ4n) is 10.1. The summed E-state index contributed by atoms with van der Waals surface area (Å²) in [5.74, 6) is 2.47. The summed E-state index contributed by atoms with van der Waals surface area (Å²) in [4.78, 5) is 9.78. The fraction of sp³-hybridized carbons (Fsp3) is 0.0545. The first-order chi connectivity index (χ1) is 30.2. The van der Waals surface area contributed by atoms with E-state index in [0.29, 0.717) is 0 Å². The Morgan fingerprint density at radius 1 is 0.492 bits per heavy atom. The fourth-order valence-corrected chi connectivity index (χ4v) is 10.1. The van der Waals surface area contributed by atoms with E-state index in [0.717, 1.165) is 89.5 Å². The molecule has 0 amide bonds. The summed E-state index contributed by atoms with van der Waals surface area (Å²) >= 11 is 0. The molecule has 2 unspecified atom stereocenters. The summed E-state index contributed by atoms with van der Waals surface area (Å²) in [6, 6.07) is 64.5. The maximum Gasteiger partial charge on any atom is 0.146 e. The van der Waals surface area contributed by atoms with Crippen molar-refractivity contribution in [3.05, 3.63) is 233 Å². The molecule has 2 atom stereocenters. The average Bonchev–Trinajstić information content (AvgIpc) is 3.83. The van der Waals surface area contributed by atoms with Crippen molar-refractivity contribution in [1.82, 2.24) is 10.6 Å². The number of aliphatic imine (C=N–C) groups is 2. The molecule has 6 nitrogen and oxygen atoms in total. The van der Waals surface area contributed by atoms with Gasteiger partial charge in [0.1, 0.15) is 40.8 Å². The number of fused-ring (bicyclic) bond motifs is 12. The van der Waals surface area contributed by atoms with Crippen molar-refractivity contribution >= 4 is 39.7 Å². The van der Waals surface area contributed by atoms with Crippen molar-refractivity contribution in [3.63, 3.8) is 0 Å². The molecule has 1 aromatic heterocycles. The Morgan fingerprint density at radius 2 is 1.11 bits per heavy atom. The Bertz CT molecular complexity index is 3330. The van der Waals surface area contributed by atoms with Gasteiger partial charge >= 0.3 is 0 Å². The Balaban J connectivity index is 0.955. The van der Waals surface area contributed by atoms with E-state index in [-0.39, 0.29) is 12.3 Å². The summed E-state index contributed by atoms with van der Waals surface area (Å²) < 4.78 is 13.9. The molecule has 4 heterocycles. The smallest absolute Gasteiger partial charge is 0.146 e. The monoisotopic (exact) mass is 784 g/mol. The van der Waals surface area contributed by atoms with Gasteiger partial charge in [0.25, 0.3) is 0 Å². The van der Waals surface area contributed by atoms with Gasteiger partial charge in [-0.15, -0.1) is 0 Å². The van der Waals surface area contributed by atoms with E-state index in [2.05, 4.69) is 192 Å². The van der Waals surface area contributed by atoms with E-state index in [1.54, 1.807) is 0 Å². The normalized spacial score (nSPS) is 17.6. The lowest BCUT2D eigenvalue weighted by atomic mass is 9.66. The standard InChI is InChI=1S/C55H36N4O2/c1-2-13-33(14-3-1)52-57-53(36-16-10-15-35(31-36)47-29-30-56-47)59-54(58-52)42-22-12-21-41-40-20-11-19-37(50(40)61-51(41)42)34-27-28-46-49(32-34)60-48-26-9-8-25-45(48)55(46)43-23-6-4-17-38(43)39-18-5-7-24-44(39)55/h1-32,52-53,57H,(H,58,59). The molecule has 0 saturated heterocycles. The first kappa shape index (κ1) is 34.1. The van der Waals surface area contributed by atoms with Gasteiger partial charge in [-0.1, -0.05) is 158 Å². The molecule has 8 aromatic carbocycles. The Morgan fingerprint density at radius 3 is 1.87 bits per heavy atom. The lowest BCUT2D eigenvalue weighted by Crippen LogP contribution is -2.45. The summed E-state index contributed by atoms with van der Waals surface area (Å²) in [6.07, 6.45) is 3.35. The number of nitrogens with zero attached hydrogens (tertiary/aromatic N) is 2. The number of furan rings is 1. The lowest BCUT2D eigenvalue weighted by Gasteiger charge is -2.39. The molecule has 4 aliphatic rings. The number of ether oxygens (including phenoxy) is 1. The summed E-state index contributed by atoms with van der Waals surface area (Å²) in [5.41, 5.74) is 15.6. The van der Waals surface area contributed by atoms with Crippen molar-refractivity contribution in [2.75, 3.05) is 0 Å². The predicted molar refractivity (Wildman–Crippen MR) is 244 cm³/mol. The van der Waals surface area contributed by atoms with Crippen LogP contribution in [0.2, 0.25) is 0 Å². The molecule has 0 fully saturated rings. The molecule has 0 bridgehead atoms. The third kappa shape index (κ3) is 5.00. The molecular weight excluding hydrogens is 749 g/mol. The zero-order valence-corrected chi connectivity index (χ0v) is 32.8. The SMILES string of the molecule is C1=NC(c2cccc(C3N=C(c4cccc5c4oc4c(-c6ccc7c(c6)Oc6ccccc6C76c7ccccc7-c7ccccc76)cccc45)NC(c4ccccc4)N3)c2)=C1. The lowest BCUT2D eigenvalue weighted by molar-refractivity contribution is 0.409. The molecule has 13 rings (SSSR count). The molecule has 2 N–H and O–H groups in total. The van der Waals surface area contributed by atoms with Gasteiger partial charge in [0.15, 0.2) is 0 Å². The first-order valence-corrected chi connectivity index (χ1v) is 20.8. The van der Waals surface area contributed by atoms with Crippen molar-refractivity contribution in [2.24, 2.45) is 9.98 Å². The Labute approximate surface area is 352 Å². The van der Waals surface area contributed by atoms with E-state index >= 15 is 0 Å². The van der Waals surface area contributed by atoms with Gasteiger partial charge in [-0.3, -0.25) is 10.3 Å². The molecule has 0 radical (unpaired) electrons. The Kier molecular flexibility index (Phi) is 7.32. The minimum absolute atomic E-state index is 0.193. The predicted octanol–water partition coefficient (Wildman–Crippen LogP) is 12.5. The number of nitrogens with one attached hydrogen (secondary N) is 2. The maximum atomic E-state index is 7.06. The number of rotatable bonds is 5. The van der Waals surface area contributed by atoms with E-state index in [1.165, 1.54) is 22.3 Å². The van der Waals surface area contributed by atoms with Crippen LogP contribution < -0.4 is 15.4 Å². The summed E-state index contributed by atoms with van der Waals surface area (Å²) in [7, 11) is 0. The van der Waals surface area contributed by atoms with Crippen LogP contribution in [-0.2, 0) is 5.41 Å². The van der Waals surface area contributed by atoms with E-state index < -0.39 is 5.41 Å². The highest BCUT2D eigenvalue weighted by atomic mass is 16.5. The van der Waals surface area contributed by atoms with Crippen LogP contribution in [0.4, 0.5) is 0 Å². The van der Waals surface area contributed by atoms with Gasteiger partial charge in [-0.05, 0) is 69.3 Å². The minimum atomic E-state index is -0.516. The van der Waals surface area contributed by atoms with Gasteiger partial charge in [0.2, 0.25) is 0 Å².